The van der Waals surface area contributed by atoms with Crippen LogP contribution in [0.25, 0.3) is 0 Å². The van der Waals surface area contributed by atoms with Crippen molar-refractivity contribution in [2.45, 2.75) is 44.6 Å². The highest BCUT2D eigenvalue weighted by atomic mass is 31.0. The van der Waals surface area contributed by atoms with Crippen molar-refractivity contribution in [3.63, 3.8) is 0 Å². The summed E-state index contributed by atoms with van der Waals surface area (Å²) in [5.41, 5.74) is 0.781. The summed E-state index contributed by atoms with van der Waals surface area (Å²) in [5.74, 6) is 0. The number of rotatable bonds is 0. The molecule has 54 valence electrons. The second-order valence-electron chi connectivity index (χ2n) is 2.99. The maximum Gasteiger partial charge on any atom is 0.0556 e. The van der Waals surface area contributed by atoms with Crippen LogP contribution < -0.4 is 0 Å². The Morgan fingerprint density at radius 1 is 1.22 bits per heavy atom. The average molecular weight is 146 g/mol. The van der Waals surface area contributed by atoms with E-state index in [0.717, 1.165) is 5.66 Å². The van der Waals surface area contributed by atoms with E-state index >= 15 is 0 Å². The smallest absolute Gasteiger partial charge is 0.0556 e. The standard InChI is InChI=1S/C7H15OP/c1-5-3-7(9)4-6(2)8-5/h5-7H,3-4,9H2,1-2H3. The minimum Gasteiger partial charge on any atom is -0.376 e. The van der Waals surface area contributed by atoms with Gasteiger partial charge < -0.3 is 4.74 Å². The molecule has 9 heavy (non-hydrogen) atoms. The maximum absolute atomic E-state index is 5.54. The Morgan fingerprint density at radius 3 is 2.00 bits per heavy atom. The first-order chi connectivity index (χ1) is 4.18. The highest BCUT2D eigenvalue weighted by Gasteiger charge is 2.20. The molecular weight excluding hydrogens is 131 g/mol. The van der Waals surface area contributed by atoms with Gasteiger partial charge in [-0.3, -0.25) is 0 Å². The van der Waals surface area contributed by atoms with Gasteiger partial charge in [0.1, 0.15) is 0 Å². The van der Waals surface area contributed by atoms with Gasteiger partial charge in [0, 0.05) is 0 Å². The zero-order valence-corrected chi connectivity index (χ0v) is 7.29. The van der Waals surface area contributed by atoms with Crippen molar-refractivity contribution < 1.29 is 4.74 Å². The molecule has 1 aliphatic rings. The lowest BCUT2D eigenvalue weighted by Gasteiger charge is -2.29. The predicted octanol–water partition coefficient (Wildman–Crippen LogP) is 1.82. The summed E-state index contributed by atoms with van der Waals surface area (Å²) in [6.07, 6.45) is 3.34. The summed E-state index contributed by atoms with van der Waals surface area (Å²) in [6, 6.07) is 0. The van der Waals surface area contributed by atoms with E-state index in [1.165, 1.54) is 12.8 Å². The zero-order chi connectivity index (χ0) is 6.85. The molecule has 0 aromatic heterocycles. The second kappa shape index (κ2) is 2.98. The molecule has 0 amide bonds. The Morgan fingerprint density at radius 2 is 1.67 bits per heavy atom. The molecule has 3 unspecified atom stereocenters. The van der Waals surface area contributed by atoms with Crippen LogP contribution in [0.2, 0.25) is 0 Å². The van der Waals surface area contributed by atoms with Gasteiger partial charge in [-0.25, -0.2) is 0 Å². The summed E-state index contributed by atoms with van der Waals surface area (Å²) >= 11 is 0. The van der Waals surface area contributed by atoms with E-state index in [-0.39, 0.29) is 0 Å². The summed E-state index contributed by atoms with van der Waals surface area (Å²) in [4.78, 5) is 0. The molecule has 0 radical (unpaired) electrons. The summed E-state index contributed by atoms with van der Waals surface area (Å²) < 4.78 is 5.54. The van der Waals surface area contributed by atoms with Crippen LogP contribution in [-0.4, -0.2) is 17.9 Å². The monoisotopic (exact) mass is 146 g/mol. The summed E-state index contributed by atoms with van der Waals surface area (Å²) in [7, 11) is 2.87. The highest BCUT2D eigenvalue weighted by Crippen LogP contribution is 2.24. The molecule has 0 aliphatic carbocycles. The maximum atomic E-state index is 5.54. The van der Waals surface area contributed by atoms with Crippen LogP contribution >= 0.6 is 9.24 Å². The molecule has 1 heterocycles. The first kappa shape index (κ1) is 7.50. The molecule has 0 N–H and O–H groups in total. The van der Waals surface area contributed by atoms with Gasteiger partial charge in [0.25, 0.3) is 0 Å². The van der Waals surface area contributed by atoms with E-state index in [0.29, 0.717) is 12.2 Å². The quantitative estimate of drug-likeness (QED) is 0.473. The number of ether oxygens (including phenoxy) is 1. The van der Waals surface area contributed by atoms with Crippen molar-refractivity contribution in [2.24, 2.45) is 0 Å². The molecule has 2 heteroatoms. The molecule has 1 fully saturated rings. The van der Waals surface area contributed by atoms with E-state index in [1.54, 1.807) is 0 Å². The van der Waals surface area contributed by atoms with E-state index in [2.05, 4.69) is 23.1 Å². The molecule has 1 rings (SSSR count). The molecule has 0 bridgehead atoms. The third-order valence-electron chi connectivity index (χ3n) is 1.73. The molecule has 0 spiro atoms. The van der Waals surface area contributed by atoms with E-state index in [9.17, 15) is 0 Å². The van der Waals surface area contributed by atoms with Crippen LogP contribution in [0.1, 0.15) is 26.7 Å². The third kappa shape index (κ3) is 2.23. The van der Waals surface area contributed by atoms with Crippen LogP contribution in [0, 0.1) is 0 Å². The second-order valence-corrected chi connectivity index (χ2v) is 3.93. The Bertz CT molecular complexity index is 69.9. The van der Waals surface area contributed by atoms with Gasteiger partial charge in [0.05, 0.1) is 12.2 Å². The van der Waals surface area contributed by atoms with Crippen molar-refractivity contribution in [3.05, 3.63) is 0 Å². The van der Waals surface area contributed by atoms with Crippen molar-refractivity contribution in [1.29, 1.82) is 0 Å². The van der Waals surface area contributed by atoms with Gasteiger partial charge in [-0.05, 0) is 32.3 Å². The van der Waals surface area contributed by atoms with E-state index in [4.69, 9.17) is 4.74 Å². The van der Waals surface area contributed by atoms with Crippen LogP contribution in [0.5, 0.6) is 0 Å². The highest BCUT2D eigenvalue weighted by molar-refractivity contribution is 7.17. The minimum atomic E-state index is 0.469. The SMILES string of the molecule is CC1CC(P)CC(C)O1. The first-order valence-corrected chi connectivity index (χ1v) is 4.26. The number of hydrogen-bond donors (Lipinski definition) is 0. The Hall–Kier alpha value is 0.390. The third-order valence-corrected chi connectivity index (χ3v) is 2.28. The van der Waals surface area contributed by atoms with Crippen LogP contribution in [0.15, 0.2) is 0 Å². The molecule has 1 saturated heterocycles. The molecule has 0 aromatic rings. The topological polar surface area (TPSA) is 9.23 Å². The lowest BCUT2D eigenvalue weighted by molar-refractivity contribution is -0.0266. The average Bonchev–Trinajstić information content (AvgIpc) is 1.59. The molecule has 1 aliphatic heterocycles. The molecule has 0 aromatic carbocycles. The van der Waals surface area contributed by atoms with Gasteiger partial charge in [-0.15, -0.1) is 9.24 Å². The van der Waals surface area contributed by atoms with Gasteiger partial charge in [-0.1, -0.05) is 0 Å². The largest absolute Gasteiger partial charge is 0.376 e. The Labute approximate surface area is 59.4 Å². The summed E-state index contributed by atoms with van der Waals surface area (Å²) in [6.45, 7) is 4.29. The van der Waals surface area contributed by atoms with Gasteiger partial charge >= 0.3 is 0 Å². The van der Waals surface area contributed by atoms with Crippen molar-refractivity contribution in [1.82, 2.24) is 0 Å². The van der Waals surface area contributed by atoms with Gasteiger partial charge in [-0.2, -0.15) is 0 Å². The first-order valence-electron chi connectivity index (χ1n) is 3.59. The molecule has 1 nitrogen and oxygen atoms in total. The lowest BCUT2D eigenvalue weighted by atomic mass is 10.1. The predicted molar refractivity (Wildman–Crippen MR) is 42.7 cm³/mol. The zero-order valence-electron chi connectivity index (χ0n) is 6.13. The molecule has 0 saturated carbocycles. The van der Waals surface area contributed by atoms with Gasteiger partial charge in [0.15, 0.2) is 0 Å². The van der Waals surface area contributed by atoms with Crippen LogP contribution in [-0.2, 0) is 4.74 Å². The lowest BCUT2D eigenvalue weighted by Crippen LogP contribution is -2.29. The van der Waals surface area contributed by atoms with E-state index in [1.807, 2.05) is 0 Å². The van der Waals surface area contributed by atoms with Crippen LogP contribution in [0.4, 0.5) is 0 Å². The fraction of sp³-hybridized carbons (Fsp3) is 1.00. The van der Waals surface area contributed by atoms with Crippen molar-refractivity contribution in [3.8, 4) is 0 Å². The Balaban J connectivity index is 2.34. The molecular formula is C7H15OP. The summed E-state index contributed by atoms with van der Waals surface area (Å²) in [5, 5.41) is 0. The minimum absolute atomic E-state index is 0.469. The Kier molecular flexibility index (Phi) is 2.49. The number of hydrogen-bond acceptors (Lipinski definition) is 1. The fourth-order valence-corrected chi connectivity index (χ4v) is 2.22. The normalized spacial score (nSPS) is 45.0. The van der Waals surface area contributed by atoms with Crippen molar-refractivity contribution in [2.75, 3.05) is 0 Å². The van der Waals surface area contributed by atoms with Gasteiger partial charge in [0.2, 0.25) is 0 Å². The van der Waals surface area contributed by atoms with Crippen molar-refractivity contribution >= 4 is 9.24 Å². The molecule has 3 atom stereocenters. The fourth-order valence-electron chi connectivity index (χ4n) is 1.46. The van der Waals surface area contributed by atoms with Crippen LogP contribution in [0.3, 0.4) is 0 Å². The van der Waals surface area contributed by atoms with E-state index < -0.39 is 0 Å².